The molecule has 1 aromatic carbocycles. The fourth-order valence-corrected chi connectivity index (χ4v) is 3.59. The van der Waals surface area contributed by atoms with Crippen molar-refractivity contribution in [2.24, 2.45) is 5.92 Å². The first kappa shape index (κ1) is 17.6. The molecule has 0 aromatic heterocycles. The van der Waals surface area contributed by atoms with Crippen LogP contribution in [-0.2, 0) is 25.7 Å². The summed E-state index contributed by atoms with van der Waals surface area (Å²) in [5.41, 5.74) is 0.950. The lowest BCUT2D eigenvalue weighted by atomic mass is 9.95. The Morgan fingerprint density at radius 3 is 2.48 bits per heavy atom. The minimum atomic E-state index is -0.389. The molecule has 2 fully saturated rings. The molecular weight excluding hydrogens is 320 g/mol. The first-order valence-electron chi connectivity index (χ1n) is 8.89. The molecule has 2 heterocycles. The first-order chi connectivity index (χ1) is 12.1. The normalized spacial score (nSPS) is 22.4. The number of imide groups is 1. The van der Waals surface area contributed by atoms with Crippen LogP contribution in [0.1, 0.15) is 31.7 Å². The average Bonchev–Trinajstić information content (AvgIpc) is 2.91. The summed E-state index contributed by atoms with van der Waals surface area (Å²) < 4.78 is 5.08. The molecule has 3 rings (SSSR count). The van der Waals surface area contributed by atoms with Gasteiger partial charge in [0, 0.05) is 0 Å². The van der Waals surface area contributed by atoms with Crippen LogP contribution in [0.15, 0.2) is 30.3 Å². The highest BCUT2D eigenvalue weighted by atomic mass is 16.5. The molecule has 2 amide bonds. The van der Waals surface area contributed by atoms with Crippen molar-refractivity contribution in [2.75, 3.05) is 19.7 Å². The molecule has 25 heavy (non-hydrogen) atoms. The van der Waals surface area contributed by atoms with Crippen molar-refractivity contribution in [1.29, 1.82) is 0 Å². The molecule has 0 spiro atoms. The van der Waals surface area contributed by atoms with E-state index in [-0.39, 0.29) is 36.2 Å². The second-order valence-corrected chi connectivity index (χ2v) is 6.59. The predicted octanol–water partition coefficient (Wildman–Crippen LogP) is 1.59. The third-order valence-corrected chi connectivity index (χ3v) is 4.99. The Kier molecular flexibility index (Phi) is 5.48. The van der Waals surface area contributed by atoms with Gasteiger partial charge in [-0.15, -0.1) is 0 Å². The number of rotatable bonds is 5. The number of esters is 1. The van der Waals surface area contributed by atoms with E-state index in [0.29, 0.717) is 39.1 Å². The van der Waals surface area contributed by atoms with Gasteiger partial charge in [0.05, 0.1) is 31.5 Å². The van der Waals surface area contributed by atoms with Crippen molar-refractivity contribution in [2.45, 2.75) is 38.8 Å². The second-order valence-electron chi connectivity index (χ2n) is 6.59. The maximum atomic E-state index is 12.7. The van der Waals surface area contributed by atoms with Crippen LogP contribution >= 0.6 is 0 Å². The highest BCUT2D eigenvalue weighted by Crippen LogP contribution is 2.26. The average molecular weight is 344 g/mol. The highest BCUT2D eigenvalue weighted by Gasteiger charge is 2.43. The van der Waals surface area contributed by atoms with Gasteiger partial charge in [-0.2, -0.15) is 0 Å². The molecule has 2 aliphatic rings. The van der Waals surface area contributed by atoms with Crippen molar-refractivity contribution >= 4 is 17.8 Å². The predicted molar refractivity (Wildman–Crippen MR) is 91.3 cm³/mol. The Hall–Kier alpha value is -2.21. The molecule has 0 N–H and O–H groups in total. The molecular formula is C19H24N2O4. The van der Waals surface area contributed by atoms with Gasteiger partial charge in [-0.1, -0.05) is 30.3 Å². The molecule has 1 aromatic rings. The van der Waals surface area contributed by atoms with Crippen LogP contribution in [0.4, 0.5) is 0 Å². The zero-order chi connectivity index (χ0) is 17.8. The van der Waals surface area contributed by atoms with Crippen LogP contribution in [0.3, 0.4) is 0 Å². The van der Waals surface area contributed by atoms with Gasteiger partial charge in [-0.3, -0.25) is 24.2 Å². The zero-order valence-corrected chi connectivity index (χ0v) is 14.5. The highest BCUT2D eigenvalue weighted by molar-refractivity contribution is 6.05. The molecule has 1 atom stereocenters. The van der Waals surface area contributed by atoms with E-state index in [9.17, 15) is 14.4 Å². The van der Waals surface area contributed by atoms with E-state index in [2.05, 4.69) is 0 Å². The van der Waals surface area contributed by atoms with Gasteiger partial charge < -0.3 is 4.74 Å². The van der Waals surface area contributed by atoms with Gasteiger partial charge in [0.1, 0.15) is 0 Å². The summed E-state index contributed by atoms with van der Waals surface area (Å²) in [5, 5.41) is 0. The third-order valence-electron chi connectivity index (χ3n) is 4.99. The Morgan fingerprint density at radius 2 is 1.84 bits per heavy atom. The largest absolute Gasteiger partial charge is 0.466 e. The fraction of sp³-hybridized carbons (Fsp3) is 0.526. The second kappa shape index (κ2) is 7.78. The quantitative estimate of drug-likeness (QED) is 0.599. The summed E-state index contributed by atoms with van der Waals surface area (Å²) in [5.74, 6) is -0.486. The summed E-state index contributed by atoms with van der Waals surface area (Å²) in [6.45, 7) is 3.81. The van der Waals surface area contributed by atoms with Crippen LogP contribution in [0.25, 0.3) is 0 Å². The van der Waals surface area contributed by atoms with Crippen molar-refractivity contribution in [3.8, 4) is 0 Å². The van der Waals surface area contributed by atoms with Gasteiger partial charge in [0.2, 0.25) is 11.8 Å². The molecule has 2 aliphatic heterocycles. The standard InChI is InChI=1S/C19H24N2O4/c1-2-25-19(24)15-8-10-20(11-9-15)16-12-17(22)21(18(16)23)13-14-6-4-3-5-7-14/h3-7,15-16H,2,8-13H2,1H3/t16-/m1/s1. The minimum absolute atomic E-state index is 0.0937. The van der Waals surface area contributed by atoms with Crippen molar-refractivity contribution in [1.82, 2.24) is 9.80 Å². The van der Waals surface area contributed by atoms with E-state index >= 15 is 0 Å². The number of hydrogen-bond donors (Lipinski definition) is 0. The summed E-state index contributed by atoms with van der Waals surface area (Å²) in [6.07, 6.45) is 1.58. The molecule has 6 nitrogen and oxygen atoms in total. The number of hydrogen-bond acceptors (Lipinski definition) is 5. The van der Waals surface area contributed by atoms with Crippen molar-refractivity contribution < 1.29 is 19.1 Å². The smallest absolute Gasteiger partial charge is 0.309 e. The van der Waals surface area contributed by atoms with E-state index in [1.165, 1.54) is 4.90 Å². The van der Waals surface area contributed by atoms with Gasteiger partial charge in [0.25, 0.3) is 0 Å². The summed E-state index contributed by atoms with van der Waals surface area (Å²) in [6, 6.07) is 9.15. The topological polar surface area (TPSA) is 66.9 Å². The van der Waals surface area contributed by atoms with Crippen molar-refractivity contribution in [3.63, 3.8) is 0 Å². The number of amides is 2. The number of carbonyl (C=O) groups excluding carboxylic acids is 3. The Bertz CT molecular complexity index is 638. The summed E-state index contributed by atoms with van der Waals surface area (Å²) >= 11 is 0. The number of likely N-dealkylation sites (tertiary alicyclic amines) is 2. The SMILES string of the molecule is CCOC(=O)C1CCN([C@@H]2CC(=O)N(Cc3ccccc3)C2=O)CC1. The first-order valence-corrected chi connectivity index (χ1v) is 8.89. The maximum Gasteiger partial charge on any atom is 0.309 e. The lowest BCUT2D eigenvalue weighted by Gasteiger charge is -2.33. The molecule has 134 valence electrons. The molecule has 0 saturated carbocycles. The molecule has 2 saturated heterocycles. The van der Waals surface area contributed by atoms with Crippen LogP contribution in [0.5, 0.6) is 0 Å². The van der Waals surface area contributed by atoms with Crippen LogP contribution in [-0.4, -0.2) is 53.3 Å². The Morgan fingerprint density at radius 1 is 1.16 bits per heavy atom. The van der Waals surface area contributed by atoms with Crippen molar-refractivity contribution in [3.05, 3.63) is 35.9 Å². The zero-order valence-electron chi connectivity index (χ0n) is 14.5. The number of benzene rings is 1. The monoisotopic (exact) mass is 344 g/mol. The number of piperidine rings is 1. The maximum absolute atomic E-state index is 12.7. The molecule has 0 unspecified atom stereocenters. The number of carbonyl (C=O) groups is 3. The van der Waals surface area contributed by atoms with E-state index in [0.717, 1.165) is 5.56 Å². The summed E-state index contributed by atoms with van der Waals surface area (Å²) in [4.78, 5) is 40.2. The lowest BCUT2D eigenvalue weighted by molar-refractivity contribution is -0.150. The minimum Gasteiger partial charge on any atom is -0.466 e. The van der Waals surface area contributed by atoms with Crippen LogP contribution in [0.2, 0.25) is 0 Å². The van der Waals surface area contributed by atoms with E-state index < -0.39 is 0 Å². The number of nitrogens with zero attached hydrogens (tertiary/aromatic N) is 2. The Balaban J connectivity index is 1.58. The molecule has 0 aliphatic carbocycles. The number of ether oxygens (including phenoxy) is 1. The van der Waals surface area contributed by atoms with Gasteiger partial charge in [-0.25, -0.2) is 0 Å². The van der Waals surface area contributed by atoms with Gasteiger partial charge >= 0.3 is 5.97 Å². The van der Waals surface area contributed by atoms with Gasteiger partial charge in [0.15, 0.2) is 0 Å². The summed E-state index contributed by atoms with van der Waals surface area (Å²) in [7, 11) is 0. The lowest BCUT2D eigenvalue weighted by Crippen LogP contribution is -2.46. The van der Waals surface area contributed by atoms with Gasteiger partial charge in [-0.05, 0) is 38.4 Å². The molecule has 6 heteroatoms. The van der Waals surface area contributed by atoms with Crippen LogP contribution in [0, 0.1) is 5.92 Å². The van der Waals surface area contributed by atoms with E-state index in [4.69, 9.17) is 4.74 Å². The fourth-order valence-electron chi connectivity index (χ4n) is 3.59. The van der Waals surface area contributed by atoms with E-state index in [1.807, 2.05) is 35.2 Å². The Labute approximate surface area is 147 Å². The molecule has 0 radical (unpaired) electrons. The molecule has 0 bridgehead atoms. The van der Waals surface area contributed by atoms with E-state index in [1.54, 1.807) is 6.92 Å². The third kappa shape index (κ3) is 3.90. The van der Waals surface area contributed by atoms with Crippen LogP contribution < -0.4 is 0 Å².